The molecule has 168 valence electrons. The first-order valence-corrected chi connectivity index (χ1v) is 10.5. The smallest absolute Gasteiger partial charge is 0.309 e. The summed E-state index contributed by atoms with van der Waals surface area (Å²) in [5.74, 6) is -0.589. The number of hydrogen-bond donors (Lipinski definition) is 2. The zero-order valence-corrected chi connectivity index (χ0v) is 17.5. The molecule has 2 aliphatic rings. The Kier molecular flexibility index (Phi) is 6.86. The van der Waals surface area contributed by atoms with Crippen LogP contribution in [0.5, 0.6) is 11.5 Å². The normalized spacial score (nSPS) is 16.6. The number of fused-ring (bicyclic) bond motifs is 1. The number of benzene rings is 2. The Morgan fingerprint density at radius 2 is 1.75 bits per heavy atom. The first-order valence-electron chi connectivity index (χ1n) is 10.5. The van der Waals surface area contributed by atoms with Gasteiger partial charge in [-0.1, -0.05) is 30.3 Å². The van der Waals surface area contributed by atoms with Crippen molar-refractivity contribution < 1.29 is 28.6 Å². The zero-order chi connectivity index (χ0) is 22.3. The number of hydrogen-bond acceptors (Lipinski definition) is 6. The van der Waals surface area contributed by atoms with Crippen LogP contribution in [0, 0.1) is 0 Å². The molecule has 0 aromatic heterocycles. The fourth-order valence-corrected chi connectivity index (χ4v) is 3.60. The SMILES string of the molecule is O=C(NCCCc1ccccc1)C(=O)NCC1OCCN1C(=O)c1ccc2c(c1)OCO2. The van der Waals surface area contributed by atoms with E-state index in [1.165, 1.54) is 10.5 Å². The number of amides is 3. The van der Waals surface area contributed by atoms with Crippen LogP contribution in [-0.4, -0.2) is 61.9 Å². The van der Waals surface area contributed by atoms with Crippen LogP contribution in [0.1, 0.15) is 22.3 Å². The van der Waals surface area contributed by atoms with E-state index < -0.39 is 18.0 Å². The summed E-state index contributed by atoms with van der Waals surface area (Å²) in [5.41, 5.74) is 1.61. The van der Waals surface area contributed by atoms with Crippen LogP contribution in [0.2, 0.25) is 0 Å². The van der Waals surface area contributed by atoms with Crippen LogP contribution in [0.15, 0.2) is 48.5 Å². The minimum atomic E-state index is -0.754. The van der Waals surface area contributed by atoms with Crippen LogP contribution in [-0.2, 0) is 20.7 Å². The highest BCUT2D eigenvalue weighted by Crippen LogP contribution is 2.33. The van der Waals surface area contributed by atoms with Crippen molar-refractivity contribution in [3.05, 3.63) is 59.7 Å². The van der Waals surface area contributed by atoms with Crippen molar-refractivity contribution in [3.8, 4) is 11.5 Å². The van der Waals surface area contributed by atoms with Crippen LogP contribution < -0.4 is 20.1 Å². The summed E-state index contributed by atoms with van der Waals surface area (Å²) in [6.07, 6.45) is 0.894. The Morgan fingerprint density at radius 1 is 0.969 bits per heavy atom. The van der Waals surface area contributed by atoms with E-state index in [0.717, 1.165) is 12.8 Å². The highest BCUT2D eigenvalue weighted by atomic mass is 16.7. The molecule has 4 rings (SSSR count). The van der Waals surface area contributed by atoms with Crippen molar-refractivity contribution in [1.29, 1.82) is 0 Å². The number of nitrogens with one attached hydrogen (secondary N) is 2. The predicted molar refractivity (Wildman–Crippen MR) is 114 cm³/mol. The van der Waals surface area contributed by atoms with E-state index in [9.17, 15) is 14.4 Å². The molecule has 2 heterocycles. The number of aryl methyl sites for hydroxylation is 1. The topological polar surface area (TPSA) is 106 Å². The monoisotopic (exact) mass is 439 g/mol. The van der Waals surface area contributed by atoms with Gasteiger partial charge in [0.25, 0.3) is 5.91 Å². The summed E-state index contributed by atoms with van der Waals surface area (Å²) in [4.78, 5) is 38.6. The average molecular weight is 439 g/mol. The van der Waals surface area contributed by atoms with E-state index in [1.807, 2.05) is 30.3 Å². The highest BCUT2D eigenvalue weighted by Gasteiger charge is 2.32. The molecule has 2 N–H and O–H groups in total. The van der Waals surface area contributed by atoms with Crippen LogP contribution in [0.25, 0.3) is 0 Å². The second-order valence-corrected chi connectivity index (χ2v) is 7.45. The maximum atomic E-state index is 12.9. The molecule has 1 saturated heterocycles. The number of ether oxygens (including phenoxy) is 3. The Balaban J connectivity index is 1.22. The van der Waals surface area contributed by atoms with Crippen molar-refractivity contribution in [2.45, 2.75) is 19.1 Å². The molecule has 32 heavy (non-hydrogen) atoms. The predicted octanol–water partition coefficient (Wildman–Crippen LogP) is 1.08. The van der Waals surface area contributed by atoms with Gasteiger partial charge in [0.1, 0.15) is 6.23 Å². The van der Waals surface area contributed by atoms with E-state index >= 15 is 0 Å². The lowest BCUT2D eigenvalue weighted by atomic mass is 10.1. The molecule has 0 saturated carbocycles. The van der Waals surface area contributed by atoms with E-state index in [-0.39, 0.29) is 19.2 Å². The van der Waals surface area contributed by atoms with Gasteiger partial charge < -0.3 is 29.7 Å². The lowest BCUT2D eigenvalue weighted by Crippen LogP contribution is -2.47. The van der Waals surface area contributed by atoms with Gasteiger partial charge in [0.15, 0.2) is 11.5 Å². The second-order valence-electron chi connectivity index (χ2n) is 7.45. The van der Waals surface area contributed by atoms with Gasteiger partial charge in [0.05, 0.1) is 13.2 Å². The summed E-state index contributed by atoms with van der Waals surface area (Å²) < 4.78 is 16.2. The van der Waals surface area contributed by atoms with Crippen molar-refractivity contribution in [3.63, 3.8) is 0 Å². The van der Waals surface area contributed by atoms with E-state index in [0.29, 0.717) is 36.8 Å². The van der Waals surface area contributed by atoms with Gasteiger partial charge in [-0.25, -0.2) is 0 Å². The fourth-order valence-electron chi connectivity index (χ4n) is 3.60. The first-order chi connectivity index (χ1) is 15.6. The van der Waals surface area contributed by atoms with Crippen LogP contribution >= 0.6 is 0 Å². The second kappa shape index (κ2) is 10.1. The van der Waals surface area contributed by atoms with Crippen molar-refractivity contribution in [1.82, 2.24) is 15.5 Å². The molecule has 9 heteroatoms. The third-order valence-electron chi connectivity index (χ3n) is 5.28. The van der Waals surface area contributed by atoms with E-state index in [2.05, 4.69) is 10.6 Å². The third kappa shape index (κ3) is 5.17. The first kappa shape index (κ1) is 21.6. The van der Waals surface area contributed by atoms with Gasteiger partial charge in [-0.2, -0.15) is 0 Å². The maximum Gasteiger partial charge on any atom is 0.309 e. The molecular weight excluding hydrogens is 414 g/mol. The molecule has 1 fully saturated rings. The van der Waals surface area contributed by atoms with Gasteiger partial charge in [0.2, 0.25) is 6.79 Å². The van der Waals surface area contributed by atoms with Crippen molar-refractivity contribution in [2.75, 3.05) is 33.0 Å². The number of nitrogens with zero attached hydrogens (tertiary/aromatic N) is 1. The van der Waals surface area contributed by atoms with Crippen LogP contribution in [0.4, 0.5) is 0 Å². The molecule has 0 spiro atoms. The minimum Gasteiger partial charge on any atom is -0.454 e. The molecular formula is C23H25N3O6. The molecule has 2 aromatic carbocycles. The minimum absolute atomic E-state index is 0.0204. The fraction of sp³-hybridized carbons (Fsp3) is 0.348. The van der Waals surface area contributed by atoms with Crippen molar-refractivity contribution >= 4 is 17.7 Å². The quantitative estimate of drug-likeness (QED) is 0.494. The number of rotatable bonds is 7. The Hall–Kier alpha value is -3.59. The molecule has 0 bridgehead atoms. The lowest BCUT2D eigenvalue weighted by molar-refractivity contribution is -0.139. The van der Waals surface area contributed by atoms with Gasteiger partial charge in [0, 0.05) is 18.7 Å². The summed E-state index contributed by atoms with van der Waals surface area (Å²) in [6.45, 7) is 1.28. The summed E-state index contributed by atoms with van der Waals surface area (Å²) >= 11 is 0. The molecule has 1 unspecified atom stereocenters. The molecule has 9 nitrogen and oxygen atoms in total. The summed E-state index contributed by atoms with van der Waals surface area (Å²) in [6, 6.07) is 14.9. The van der Waals surface area contributed by atoms with Gasteiger partial charge in [-0.05, 0) is 36.6 Å². The lowest BCUT2D eigenvalue weighted by Gasteiger charge is -2.23. The molecule has 0 aliphatic carbocycles. The van der Waals surface area contributed by atoms with Gasteiger partial charge in [-0.3, -0.25) is 14.4 Å². The number of carbonyl (C=O) groups is 3. The Morgan fingerprint density at radius 3 is 2.59 bits per heavy atom. The van der Waals surface area contributed by atoms with Crippen LogP contribution in [0.3, 0.4) is 0 Å². The van der Waals surface area contributed by atoms with Gasteiger partial charge in [-0.15, -0.1) is 0 Å². The summed E-state index contributed by atoms with van der Waals surface area (Å²) in [5, 5.41) is 5.16. The maximum absolute atomic E-state index is 12.9. The Bertz CT molecular complexity index is 981. The highest BCUT2D eigenvalue weighted by molar-refractivity contribution is 6.35. The third-order valence-corrected chi connectivity index (χ3v) is 5.28. The van der Waals surface area contributed by atoms with Crippen molar-refractivity contribution in [2.24, 2.45) is 0 Å². The number of carbonyl (C=O) groups excluding carboxylic acids is 3. The zero-order valence-electron chi connectivity index (χ0n) is 17.5. The molecule has 3 amide bonds. The molecule has 1 atom stereocenters. The molecule has 2 aliphatic heterocycles. The Labute approximate surface area is 185 Å². The average Bonchev–Trinajstić information content (AvgIpc) is 3.49. The molecule has 0 radical (unpaired) electrons. The standard InChI is InChI=1S/C23H25N3O6/c27-21(24-10-4-7-16-5-2-1-3-6-16)22(28)25-14-20-26(11-12-30-20)23(29)17-8-9-18-19(13-17)32-15-31-18/h1-3,5-6,8-9,13,20H,4,7,10-12,14-15H2,(H,24,27)(H,25,28). The van der Waals surface area contributed by atoms with E-state index in [4.69, 9.17) is 14.2 Å². The van der Waals surface area contributed by atoms with E-state index in [1.54, 1.807) is 18.2 Å². The largest absolute Gasteiger partial charge is 0.454 e. The van der Waals surface area contributed by atoms with Gasteiger partial charge >= 0.3 is 11.8 Å². The molecule has 2 aromatic rings. The summed E-state index contributed by atoms with van der Waals surface area (Å²) in [7, 11) is 0.